The molecule has 2 aromatic heterocycles. The lowest BCUT2D eigenvalue weighted by Crippen LogP contribution is -2.38. The van der Waals surface area contributed by atoms with Gasteiger partial charge < -0.3 is 4.98 Å². The second-order valence-corrected chi connectivity index (χ2v) is 8.61. The Bertz CT molecular complexity index is 1120. The van der Waals surface area contributed by atoms with Crippen LogP contribution in [0.1, 0.15) is 47.2 Å². The molecule has 0 aliphatic carbocycles. The zero-order valence-electron chi connectivity index (χ0n) is 18.2. The summed E-state index contributed by atoms with van der Waals surface area (Å²) >= 11 is 0. The van der Waals surface area contributed by atoms with E-state index in [0.29, 0.717) is 37.2 Å². The van der Waals surface area contributed by atoms with Gasteiger partial charge in [0.25, 0.3) is 0 Å². The van der Waals surface area contributed by atoms with Crippen molar-refractivity contribution in [2.24, 2.45) is 0 Å². The highest BCUT2D eigenvalue weighted by Gasteiger charge is 2.32. The lowest BCUT2D eigenvalue weighted by Gasteiger charge is -2.30. The fourth-order valence-electron chi connectivity index (χ4n) is 4.73. The minimum atomic E-state index is -0.237. The van der Waals surface area contributed by atoms with Gasteiger partial charge in [-0.05, 0) is 44.4 Å². The van der Waals surface area contributed by atoms with Crippen LogP contribution in [0.15, 0.2) is 36.7 Å². The van der Waals surface area contributed by atoms with Crippen molar-refractivity contribution >= 4 is 11.7 Å². The van der Waals surface area contributed by atoms with Crippen LogP contribution in [0.2, 0.25) is 0 Å². The number of anilines is 1. The van der Waals surface area contributed by atoms with Crippen LogP contribution in [-0.2, 0) is 24.2 Å². The molecule has 1 amide bonds. The average molecular weight is 435 g/mol. The molecule has 1 atom stereocenters. The fraction of sp³-hybridized carbons (Fsp3) is 0.417. The Morgan fingerprint density at radius 3 is 2.91 bits per heavy atom. The first kappa shape index (κ1) is 20.8. The maximum atomic E-state index is 14.1. The predicted octanol–water partition coefficient (Wildman–Crippen LogP) is 3.16. The molecular formula is C24H27FN6O. The molecule has 1 saturated heterocycles. The molecule has 1 aromatic carbocycles. The number of aryl methyl sites for hydroxylation is 1. The summed E-state index contributed by atoms with van der Waals surface area (Å²) in [5, 5.41) is 0. The lowest BCUT2D eigenvalue weighted by atomic mass is 10.0. The van der Waals surface area contributed by atoms with Crippen LogP contribution in [0, 0.1) is 12.7 Å². The van der Waals surface area contributed by atoms with Crippen molar-refractivity contribution in [1.29, 1.82) is 0 Å². The monoisotopic (exact) mass is 434 g/mol. The highest BCUT2D eigenvalue weighted by atomic mass is 19.1. The van der Waals surface area contributed by atoms with E-state index in [2.05, 4.69) is 14.9 Å². The fourth-order valence-corrected chi connectivity index (χ4v) is 4.73. The maximum Gasteiger partial charge on any atom is 0.228 e. The van der Waals surface area contributed by atoms with Gasteiger partial charge in [0.1, 0.15) is 23.3 Å². The summed E-state index contributed by atoms with van der Waals surface area (Å²) in [6.45, 7) is 5.02. The Labute approximate surface area is 186 Å². The standard InChI is InChI=1S/C24H27FN6O/c1-16-19-6-7-22(32)31(13-9-17-4-2-3-5-20(17)25)24(19)29-23(28-16)18-8-12-30(14-18)15-21-26-10-11-27-21/h2-5,10-11,18H,6-9,12-15H2,1H3,(H,26,27)/t18-/m1/s1. The molecule has 0 unspecified atom stereocenters. The summed E-state index contributed by atoms with van der Waals surface area (Å²) < 4.78 is 14.1. The molecule has 2 aliphatic rings. The molecule has 166 valence electrons. The number of fused-ring (bicyclic) bond motifs is 1. The molecule has 7 nitrogen and oxygen atoms in total. The van der Waals surface area contributed by atoms with E-state index in [1.807, 2.05) is 19.2 Å². The molecule has 0 saturated carbocycles. The van der Waals surface area contributed by atoms with E-state index < -0.39 is 0 Å². The van der Waals surface area contributed by atoms with Crippen molar-refractivity contribution in [2.75, 3.05) is 24.5 Å². The van der Waals surface area contributed by atoms with E-state index in [1.165, 1.54) is 6.07 Å². The number of rotatable bonds is 6. The van der Waals surface area contributed by atoms with Crippen LogP contribution >= 0.6 is 0 Å². The first-order chi connectivity index (χ1) is 15.6. The van der Waals surface area contributed by atoms with Crippen molar-refractivity contribution < 1.29 is 9.18 Å². The van der Waals surface area contributed by atoms with Gasteiger partial charge in [-0.2, -0.15) is 0 Å². The third kappa shape index (κ3) is 4.14. The van der Waals surface area contributed by atoms with E-state index in [-0.39, 0.29) is 17.6 Å². The van der Waals surface area contributed by atoms with Crippen molar-refractivity contribution in [3.05, 3.63) is 70.9 Å². The van der Waals surface area contributed by atoms with Gasteiger partial charge in [-0.15, -0.1) is 0 Å². The molecule has 1 N–H and O–H groups in total. The van der Waals surface area contributed by atoms with E-state index in [1.54, 1.807) is 23.2 Å². The number of imidazole rings is 1. The Morgan fingerprint density at radius 2 is 2.09 bits per heavy atom. The summed E-state index contributed by atoms with van der Waals surface area (Å²) in [6.07, 6.45) is 6.14. The molecule has 8 heteroatoms. The van der Waals surface area contributed by atoms with E-state index in [4.69, 9.17) is 9.97 Å². The quantitative estimate of drug-likeness (QED) is 0.645. The van der Waals surface area contributed by atoms with E-state index >= 15 is 0 Å². The van der Waals surface area contributed by atoms with Crippen molar-refractivity contribution in [1.82, 2.24) is 24.8 Å². The van der Waals surface area contributed by atoms with Crippen LogP contribution in [-0.4, -0.2) is 50.4 Å². The van der Waals surface area contributed by atoms with Gasteiger partial charge >= 0.3 is 0 Å². The molecule has 3 aromatic rings. The number of hydrogen-bond donors (Lipinski definition) is 1. The van der Waals surface area contributed by atoms with Gasteiger partial charge in [0.15, 0.2) is 0 Å². The van der Waals surface area contributed by atoms with Gasteiger partial charge in [0.05, 0.1) is 6.54 Å². The SMILES string of the molecule is Cc1nc([C@@H]2CCN(Cc3ncc[nH]3)C2)nc2c1CCC(=O)N2CCc1ccccc1F. The summed E-state index contributed by atoms with van der Waals surface area (Å²) in [7, 11) is 0. The smallest absolute Gasteiger partial charge is 0.228 e. The number of nitrogens with one attached hydrogen (secondary N) is 1. The molecule has 2 aliphatic heterocycles. The van der Waals surface area contributed by atoms with Crippen LogP contribution in [0.3, 0.4) is 0 Å². The van der Waals surface area contributed by atoms with Crippen molar-refractivity contribution in [3.8, 4) is 0 Å². The molecule has 0 radical (unpaired) electrons. The minimum absolute atomic E-state index is 0.0451. The van der Waals surface area contributed by atoms with E-state index in [9.17, 15) is 9.18 Å². The predicted molar refractivity (Wildman–Crippen MR) is 119 cm³/mol. The molecule has 0 spiro atoms. The highest BCUT2D eigenvalue weighted by molar-refractivity contribution is 5.95. The largest absolute Gasteiger partial charge is 0.348 e. The summed E-state index contributed by atoms with van der Waals surface area (Å²) in [6, 6.07) is 6.73. The second-order valence-electron chi connectivity index (χ2n) is 8.61. The van der Waals surface area contributed by atoms with Crippen LogP contribution in [0.5, 0.6) is 0 Å². The zero-order valence-corrected chi connectivity index (χ0v) is 18.2. The second kappa shape index (κ2) is 8.78. The number of nitrogens with zero attached hydrogens (tertiary/aromatic N) is 5. The number of likely N-dealkylation sites (tertiary alicyclic amines) is 1. The number of carbonyl (C=O) groups is 1. The molecule has 4 heterocycles. The number of halogens is 1. The molecule has 1 fully saturated rings. The third-order valence-electron chi connectivity index (χ3n) is 6.48. The third-order valence-corrected chi connectivity index (χ3v) is 6.48. The Balaban J connectivity index is 1.36. The number of amides is 1. The topological polar surface area (TPSA) is 78.0 Å². The van der Waals surface area contributed by atoms with Gasteiger partial charge in [-0.3, -0.25) is 14.6 Å². The Hall–Kier alpha value is -3.13. The highest BCUT2D eigenvalue weighted by Crippen LogP contribution is 2.32. The van der Waals surface area contributed by atoms with Crippen molar-refractivity contribution in [2.45, 2.75) is 45.1 Å². The normalized spacial score (nSPS) is 18.9. The van der Waals surface area contributed by atoms with Crippen molar-refractivity contribution in [3.63, 3.8) is 0 Å². The Morgan fingerprint density at radius 1 is 1.22 bits per heavy atom. The van der Waals surface area contributed by atoms with Crippen LogP contribution < -0.4 is 4.90 Å². The van der Waals surface area contributed by atoms with Gasteiger partial charge in [-0.25, -0.2) is 19.3 Å². The first-order valence-electron chi connectivity index (χ1n) is 11.2. The van der Waals surface area contributed by atoms with Gasteiger partial charge in [0, 0.05) is 49.1 Å². The zero-order chi connectivity index (χ0) is 22.1. The number of aromatic nitrogens is 4. The average Bonchev–Trinajstić information content (AvgIpc) is 3.47. The first-order valence-corrected chi connectivity index (χ1v) is 11.2. The molecule has 0 bridgehead atoms. The van der Waals surface area contributed by atoms with E-state index in [0.717, 1.165) is 49.0 Å². The number of benzene rings is 1. The van der Waals surface area contributed by atoms with Gasteiger partial charge in [0.2, 0.25) is 5.91 Å². The summed E-state index contributed by atoms with van der Waals surface area (Å²) in [5.74, 6) is 2.50. The maximum absolute atomic E-state index is 14.1. The number of aromatic amines is 1. The molecule has 5 rings (SSSR count). The van der Waals surface area contributed by atoms with Gasteiger partial charge in [-0.1, -0.05) is 18.2 Å². The molecule has 32 heavy (non-hydrogen) atoms. The van der Waals surface area contributed by atoms with Crippen LogP contribution in [0.4, 0.5) is 10.2 Å². The summed E-state index contributed by atoms with van der Waals surface area (Å²) in [4.78, 5) is 34.1. The number of hydrogen-bond acceptors (Lipinski definition) is 5. The lowest BCUT2D eigenvalue weighted by molar-refractivity contribution is -0.118. The summed E-state index contributed by atoms with van der Waals surface area (Å²) in [5.41, 5.74) is 2.59. The van der Waals surface area contributed by atoms with Crippen LogP contribution in [0.25, 0.3) is 0 Å². The Kier molecular flexibility index (Phi) is 5.70. The molecular weight excluding hydrogens is 407 g/mol. The minimum Gasteiger partial charge on any atom is -0.348 e. The number of H-pyrrole nitrogens is 1. The number of carbonyl (C=O) groups excluding carboxylic acids is 1.